The largest absolute Gasteiger partial charge is 0.494 e. The number of methoxy groups -OCH3 is 1. The second-order valence-electron chi connectivity index (χ2n) is 4.37. The molecule has 1 aromatic heterocycles. The Balaban J connectivity index is 1.94. The minimum Gasteiger partial charge on any atom is -0.494 e. The van der Waals surface area contributed by atoms with Crippen molar-refractivity contribution in [1.82, 2.24) is 4.98 Å². The van der Waals surface area contributed by atoms with Crippen LogP contribution in [0.3, 0.4) is 0 Å². The highest BCUT2D eigenvalue weighted by Crippen LogP contribution is 2.38. The Morgan fingerprint density at radius 3 is 2.89 bits per heavy atom. The van der Waals surface area contributed by atoms with Crippen molar-refractivity contribution in [1.29, 1.82) is 0 Å². The molecule has 0 radical (unpaired) electrons. The molecule has 18 heavy (non-hydrogen) atoms. The summed E-state index contributed by atoms with van der Waals surface area (Å²) >= 11 is 0. The van der Waals surface area contributed by atoms with Crippen molar-refractivity contribution in [2.75, 3.05) is 7.11 Å². The third kappa shape index (κ3) is 1.59. The van der Waals surface area contributed by atoms with Gasteiger partial charge in [-0.25, -0.2) is 4.98 Å². The van der Waals surface area contributed by atoms with Crippen LogP contribution in [0.25, 0.3) is 0 Å². The van der Waals surface area contributed by atoms with Gasteiger partial charge in [-0.15, -0.1) is 0 Å². The summed E-state index contributed by atoms with van der Waals surface area (Å²) in [5.74, 6) is 0.531. The van der Waals surface area contributed by atoms with Crippen molar-refractivity contribution in [3.8, 4) is 5.75 Å². The van der Waals surface area contributed by atoms with Crippen LogP contribution in [-0.2, 0) is 6.42 Å². The highest BCUT2D eigenvalue weighted by molar-refractivity contribution is 6.03. The molecule has 0 bridgehead atoms. The van der Waals surface area contributed by atoms with E-state index in [1.165, 1.54) is 5.56 Å². The number of aromatic nitrogens is 1. The number of carbonyl (C=O) groups is 1. The Hall–Kier alpha value is -2.16. The van der Waals surface area contributed by atoms with Crippen molar-refractivity contribution in [2.45, 2.75) is 12.3 Å². The van der Waals surface area contributed by atoms with Gasteiger partial charge in [-0.1, -0.05) is 24.3 Å². The topological polar surface area (TPSA) is 39.2 Å². The number of hydrogen-bond acceptors (Lipinski definition) is 3. The minimum absolute atomic E-state index is 0.0474. The quantitative estimate of drug-likeness (QED) is 0.773. The highest BCUT2D eigenvalue weighted by atomic mass is 16.5. The van der Waals surface area contributed by atoms with E-state index in [2.05, 4.69) is 11.1 Å². The number of nitrogens with zero attached hydrogens (tertiary/aromatic N) is 1. The highest BCUT2D eigenvalue weighted by Gasteiger charge is 2.34. The number of ether oxygens (including phenoxy) is 1. The average Bonchev–Trinajstić information content (AvgIpc) is 2.40. The van der Waals surface area contributed by atoms with E-state index >= 15 is 0 Å². The molecule has 90 valence electrons. The van der Waals surface area contributed by atoms with Crippen molar-refractivity contribution >= 4 is 5.78 Å². The van der Waals surface area contributed by atoms with E-state index < -0.39 is 0 Å². The fraction of sp³-hybridized carbons (Fsp3) is 0.200. The van der Waals surface area contributed by atoms with Gasteiger partial charge >= 0.3 is 0 Å². The summed E-state index contributed by atoms with van der Waals surface area (Å²) in [6.07, 6.45) is 2.43. The zero-order valence-electron chi connectivity index (χ0n) is 10.1. The van der Waals surface area contributed by atoms with Crippen LogP contribution >= 0.6 is 0 Å². The smallest absolute Gasteiger partial charge is 0.192 e. The van der Waals surface area contributed by atoms with Crippen molar-refractivity contribution in [3.63, 3.8) is 0 Å². The maximum atomic E-state index is 12.4. The van der Waals surface area contributed by atoms with E-state index in [1.54, 1.807) is 25.4 Å². The van der Waals surface area contributed by atoms with Crippen molar-refractivity contribution in [2.24, 2.45) is 0 Å². The Labute approximate surface area is 105 Å². The molecule has 2 aromatic rings. The maximum Gasteiger partial charge on any atom is 0.192 e. The molecule has 0 fully saturated rings. The van der Waals surface area contributed by atoms with Crippen LogP contribution in [0.15, 0.2) is 42.6 Å². The van der Waals surface area contributed by atoms with E-state index in [-0.39, 0.29) is 11.7 Å². The lowest BCUT2D eigenvalue weighted by Gasteiger charge is -2.28. The van der Waals surface area contributed by atoms with Gasteiger partial charge in [0.25, 0.3) is 0 Å². The van der Waals surface area contributed by atoms with Crippen LogP contribution in [0.5, 0.6) is 5.75 Å². The normalized spacial score (nSPS) is 16.6. The first-order valence-corrected chi connectivity index (χ1v) is 5.92. The predicted octanol–water partition coefficient (Wildman–Crippen LogP) is 2.61. The molecule has 1 aromatic carbocycles. The van der Waals surface area contributed by atoms with E-state index in [9.17, 15) is 4.79 Å². The van der Waals surface area contributed by atoms with E-state index in [0.717, 1.165) is 12.0 Å². The molecule has 0 spiro atoms. The zero-order chi connectivity index (χ0) is 12.5. The predicted molar refractivity (Wildman–Crippen MR) is 68.0 cm³/mol. The molecular formula is C15H13NO2. The van der Waals surface area contributed by atoms with Gasteiger partial charge in [0.15, 0.2) is 5.78 Å². The third-order valence-electron chi connectivity index (χ3n) is 3.40. The van der Waals surface area contributed by atoms with Gasteiger partial charge in [0.1, 0.15) is 11.4 Å². The van der Waals surface area contributed by atoms with Gasteiger partial charge in [-0.2, -0.15) is 0 Å². The first-order chi connectivity index (χ1) is 8.81. The lowest BCUT2D eigenvalue weighted by Crippen LogP contribution is -2.26. The van der Waals surface area contributed by atoms with E-state index in [0.29, 0.717) is 11.4 Å². The van der Waals surface area contributed by atoms with Crippen LogP contribution < -0.4 is 4.74 Å². The molecule has 0 amide bonds. The number of fused-ring (bicyclic) bond motifs is 1. The standard InChI is InChI=1S/C15H13NO2/c1-18-13-7-4-8-16-14(13)15(17)12-9-10-5-2-3-6-11(10)12/h2-8,12H,9H2,1H3. The summed E-state index contributed by atoms with van der Waals surface area (Å²) in [4.78, 5) is 16.6. The van der Waals surface area contributed by atoms with Crippen molar-refractivity contribution in [3.05, 3.63) is 59.4 Å². The summed E-state index contributed by atoms with van der Waals surface area (Å²) in [6, 6.07) is 11.6. The lowest BCUT2D eigenvalue weighted by atomic mass is 9.74. The van der Waals surface area contributed by atoms with Gasteiger partial charge in [-0.3, -0.25) is 4.79 Å². The third-order valence-corrected chi connectivity index (χ3v) is 3.40. The van der Waals surface area contributed by atoms with Crippen LogP contribution in [0.2, 0.25) is 0 Å². The molecule has 1 atom stereocenters. The van der Waals surface area contributed by atoms with Gasteiger partial charge in [-0.05, 0) is 29.7 Å². The number of carbonyl (C=O) groups excluding carboxylic acids is 1. The van der Waals surface area contributed by atoms with Crippen molar-refractivity contribution < 1.29 is 9.53 Å². The molecule has 3 rings (SSSR count). The summed E-state index contributed by atoms with van der Waals surface area (Å²) in [7, 11) is 1.56. The van der Waals surface area contributed by atoms with Gasteiger partial charge < -0.3 is 4.74 Å². The van der Waals surface area contributed by atoms with Gasteiger partial charge in [0.2, 0.25) is 0 Å². The van der Waals surface area contributed by atoms with Crippen LogP contribution in [0.4, 0.5) is 0 Å². The number of benzene rings is 1. The molecule has 3 heteroatoms. The monoisotopic (exact) mass is 239 g/mol. The molecule has 1 aliphatic rings. The molecular weight excluding hydrogens is 226 g/mol. The number of ketones is 1. The summed E-state index contributed by atoms with van der Waals surface area (Å²) in [5.41, 5.74) is 2.81. The number of Topliss-reactive ketones (excluding diaryl/α,β-unsaturated/α-hetero) is 1. The summed E-state index contributed by atoms with van der Waals surface area (Å²) in [6.45, 7) is 0. The number of rotatable bonds is 3. The second kappa shape index (κ2) is 4.26. The zero-order valence-corrected chi connectivity index (χ0v) is 10.1. The fourth-order valence-corrected chi connectivity index (χ4v) is 2.40. The van der Waals surface area contributed by atoms with Crippen LogP contribution in [-0.4, -0.2) is 17.9 Å². The first-order valence-electron chi connectivity index (χ1n) is 5.92. The molecule has 1 unspecified atom stereocenters. The first kappa shape index (κ1) is 11.0. The molecule has 1 aliphatic carbocycles. The molecule has 1 heterocycles. The SMILES string of the molecule is COc1cccnc1C(=O)C1Cc2ccccc21. The van der Waals surface area contributed by atoms with E-state index in [4.69, 9.17) is 4.74 Å². The molecule has 0 saturated heterocycles. The maximum absolute atomic E-state index is 12.4. The summed E-state index contributed by atoms with van der Waals surface area (Å²) < 4.78 is 5.19. The minimum atomic E-state index is -0.0648. The Morgan fingerprint density at radius 2 is 2.11 bits per heavy atom. The number of pyridine rings is 1. The van der Waals surface area contributed by atoms with Crippen LogP contribution in [0.1, 0.15) is 27.5 Å². The van der Waals surface area contributed by atoms with Gasteiger partial charge in [0, 0.05) is 6.20 Å². The Morgan fingerprint density at radius 1 is 1.28 bits per heavy atom. The second-order valence-corrected chi connectivity index (χ2v) is 4.37. The summed E-state index contributed by atoms with van der Waals surface area (Å²) in [5, 5.41) is 0. The molecule has 0 N–H and O–H groups in total. The number of hydrogen-bond donors (Lipinski definition) is 0. The van der Waals surface area contributed by atoms with Gasteiger partial charge in [0.05, 0.1) is 13.0 Å². The fourth-order valence-electron chi connectivity index (χ4n) is 2.40. The average molecular weight is 239 g/mol. The van der Waals surface area contributed by atoms with E-state index in [1.807, 2.05) is 18.2 Å². The molecule has 0 saturated carbocycles. The molecule has 0 aliphatic heterocycles. The van der Waals surface area contributed by atoms with Crippen LogP contribution in [0, 0.1) is 0 Å². The Kier molecular flexibility index (Phi) is 2.59. The Bertz CT molecular complexity index is 607. The molecule has 3 nitrogen and oxygen atoms in total. The lowest BCUT2D eigenvalue weighted by molar-refractivity contribution is 0.0940.